The largest absolute Gasteiger partial charge is 0.343 e. The highest BCUT2D eigenvalue weighted by atomic mass is 32.2. The van der Waals surface area contributed by atoms with Crippen molar-refractivity contribution in [2.75, 3.05) is 0 Å². The average molecular weight is 508 g/mol. The Morgan fingerprint density at radius 2 is 1.86 bits per heavy atom. The van der Waals surface area contributed by atoms with Gasteiger partial charge in [-0.05, 0) is 31.2 Å². The standard InChI is InChI=1S/C24H15F3N6O2S/c1-12-19(8-15(25)10-31-12)36(34,35)11-14-6-13(9-28)7-18(20(14)26)16-2-3-17-22(21(16)27)32-33-23(17)24-29-4-5-30-24/h2-8,10H,11H2,1H3,(H,29,30)(H,32,33). The van der Waals surface area contributed by atoms with Gasteiger partial charge in [0.2, 0.25) is 0 Å². The number of imidazole rings is 1. The number of benzene rings is 2. The summed E-state index contributed by atoms with van der Waals surface area (Å²) in [6.45, 7) is 1.38. The molecule has 0 aliphatic rings. The number of nitrogens with zero attached hydrogens (tertiary/aromatic N) is 4. The lowest BCUT2D eigenvalue weighted by Gasteiger charge is -2.12. The minimum absolute atomic E-state index is 0.0378. The van der Waals surface area contributed by atoms with E-state index >= 15 is 8.78 Å². The Labute approximate surface area is 202 Å². The van der Waals surface area contributed by atoms with E-state index in [1.165, 1.54) is 25.3 Å². The molecule has 0 spiro atoms. The summed E-state index contributed by atoms with van der Waals surface area (Å²) in [4.78, 5) is 10.3. The van der Waals surface area contributed by atoms with Gasteiger partial charge >= 0.3 is 0 Å². The lowest BCUT2D eigenvalue weighted by molar-refractivity contribution is 0.580. The van der Waals surface area contributed by atoms with Gasteiger partial charge in [-0.15, -0.1) is 0 Å². The maximum atomic E-state index is 15.6. The average Bonchev–Trinajstić information content (AvgIpc) is 3.52. The number of aryl methyl sites for hydroxylation is 1. The molecule has 0 saturated heterocycles. The van der Waals surface area contributed by atoms with Crippen LogP contribution in [-0.2, 0) is 15.6 Å². The quantitative estimate of drug-likeness (QED) is 0.358. The third-order valence-electron chi connectivity index (χ3n) is 5.65. The number of aromatic nitrogens is 5. The first kappa shape index (κ1) is 23.3. The molecule has 3 aromatic heterocycles. The smallest absolute Gasteiger partial charge is 0.184 e. The van der Waals surface area contributed by atoms with Crippen LogP contribution in [0.3, 0.4) is 0 Å². The maximum absolute atomic E-state index is 15.6. The van der Waals surface area contributed by atoms with Crippen LogP contribution in [0.1, 0.15) is 16.8 Å². The lowest BCUT2D eigenvalue weighted by atomic mass is 9.98. The number of halogens is 3. The predicted molar refractivity (Wildman–Crippen MR) is 124 cm³/mol. The normalized spacial score (nSPS) is 11.6. The minimum atomic E-state index is -4.25. The van der Waals surface area contributed by atoms with Crippen LogP contribution in [0.5, 0.6) is 0 Å². The zero-order valence-electron chi connectivity index (χ0n) is 18.5. The van der Waals surface area contributed by atoms with Crippen LogP contribution in [0.4, 0.5) is 13.2 Å². The summed E-state index contributed by atoms with van der Waals surface area (Å²) in [5.41, 5.74) is -0.592. The molecular weight excluding hydrogens is 493 g/mol. The Bertz CT molecular complexity index is 1790. The molecule has 5 rings (SSSR count). The second-order valence-electron chi connectivity index (χ2n) is 7.96. The first-order valence-electron chi connectivity index (χ1n) is 10.4. The second-order valence-corrected chi connectivity index (χ2v) is 9.92. The fourth-order valence-electron chi connectivity index (χ4n) is 3.97. The Hall–Kier alpha value is -4.50. The molecule has 0 aliphatic heterocycles. The first-order chi connectivity index (χ1) is 17.2. The summed E-state index contributed by atoms with van der Waals surface area (Å²) in [6, 6.07) is 7.67. The molecule has 0 unspecified atom stereocenters. The molecule has 0 radical (unpaired) electrons. The van der Waals surface area contributed by atoms with Gasteiger partial charge in [-0.3, -0.25) is 10.1 Å². The number of H-pyrrole nitrogens is 2. The highest BCUT2D eigenvalue weighted by molar-refractivity contribution is 7.90. The van der Waals surface area contributed by atoms with Gasteiger partial charge in [0.15, 0.2) is 21.5 Å². The molecule has 0 saturated carbocycles. The number of nitriles is 1. The van der Waals surface area contributed by atoms with Crippen molar-refractivity contribution in [3.63, 3.8) is 0 Å². The summed E-state index contributed by atoms with van der Waals surface area (Å²) >= 11 is 0. The van der Waals surface area contributed by atoms with Crippen LogP contribution < -0.4 is 0 Å². The number of pyridine rings is 1. The van der Waals surface area contributed by atoms with Gasteiger partial charge in [-0.1, -0.05) is 6.07 Å². The molecule has 0 bridgehead atoms. The molecule has 0 atom stereocenters. The molecule has 36 heavy (non-hydrogen) atoms. The van der Waals surface area contributed by atoms with Gasteiger partial charge in [-0.25, -0.2) is 26.6 Å². The molecule has 8 nitrogen and oxygen atoms in total. The van der Waals surface area contributed by atoms with Gasteiger partial charge in [0.25, 0.3) is 0 Å². The van der Waals surface area contributed by atoms with E-state index in [9.17, 15) is 18.1 Å². The third kappa shape index (κ3) is 3.89. The van der Waals surface area contributed by atoms with Crippen LogP contribution in [0.25, 0.3) is 33.5 Å². The Balaban J connectivity index is 1.63. The number of hydrogen-bond acceptors (Lipinski definition) is 6. The Morgan fingerprint density at radius 3 is 2.58 bits per heavy atom. The first-order valence-corrected chi connectivity index (χ1v) is 12.1. The van der Waals surface area contributed by atoms with Crippen molar-refractivity contribution in [1.82, 2.24) is 25.1 Å². The second kappa shape index (κ2) is 8.62. The van der Waals surface area contributed by atoms with Crippen LogP contribution in [-0.4, -0.2) is 33.6 Å². The topological polar surface area (TPSA) is 128 Å². The van der Waals surface area contributed by atoms with E-state index in [-0.39, 0.29) is 33.5 Å². The van der Waals surface area contributed by atoms with Crippen molar-refractivity contribution >= 4 is 20.7 Å². The van der Waals surface area contributed by atoms with Crippen molar-refractivity contribution in [3.8, 4) is 28.7 Å². The summed E-state index contributed by atoms with van der Waals surface area (Å²) in [6.07, 6.45) is 3.98. The highest BCUT2D eigenvalue weighted by Gasteiger charge is 2.25. The van der Waals surface area contributed by atoms with Crippen LogP contribution in [0.15, 0.2) is 53.8 Å². The maximum Gasteiger partial charge on any atom is 0.184 e. The van der Waals surface area contributed by atoms with Gasteiger partial charge < -0.3 is 4.98 Å². The molecule has 0 aliphatic carbocycles. The van der Waals surface area contributed by atoms with Crippen molar-refractivity contribution in [2.24, 2.45) is 0 Å². The molecule has 2 N–H and O–H groups in total. The van der Waals surface area contributed by atoms with Gasteiger partial charge in [0.05, 0.1) is 34.2 Å². The van der Waals surface area contributed by atoms with Crippen LogP contribution in [0.2, 0.25) is 0 Å². The molecule has 180 valence electrons. The van der Waals surface area contributed by atoms with Crippen molar-refractivity contribution in [3.05, 3.63) is 83.2 Å². The molecule has 0 amide bonds. The summed E-state index contributed by atoms with van der Waals surface area (Å²) < 4.78 is 70.8. The van der Waals surface area contributed by atoms with E-state index in [2.05, 4.69) is 25.1 Å². The van der Waals surface area contributed by atoms with Gasteiger partial charge in [0.1, 0.15) is 22.8 Å². The van der Waals surface area contributed by atoms with E-state index in [1.54, 1.807) is 6.20 Å². The highest BCUT2D eigenvalue weighted by Crippen LogP contribution is 2.35. The van der Waals surface area contributed by atoms with Gasteiger partial charge in [-0.2, -0.15) is 10.4 Å². The number of fused-ring (bicyclic) bond motifs is 1. The fraction of sp³-hybridized carbons (Fsp3) is 0.0833. The van der Waals surface area contributed by atoms with E-state index in [0.29, 0.717) is 16.9 Å². The number of sulfone groups is 1. The third-order valence-corrected chi connectivity index (χ3v) is 7.43. The number of nitrogens with one attached hydrogen (secondary N) is 2. The SMILES string of the molecule is Cc1ncc(F)cc1S(=O)(=O)Cc1cc(C#N)cc(-c2ccc3c(-c4ncc[nH]4)[nH]nc3c2F)c1F. The Morgan fingerprint density at radius 1 is 1.06 bits per heavy atom. The predicted octanol–water partition coefficient (Wildman–Crippen LogP) is 4.59. The van der Waals surface area contributed by atoms with Crippen molar-refractivity contribution in [1.29, 1.82) is 5.26 Å². The van der Waals surface area contributed by atoms with E-state index in [4.69, 9.17) is 0 Å². The summed E-state index contributed by atoms with van der Waals surface area (Å²) in [5.74, 6) is -3.22. The minimum Gasteiger partial charge on any atom is -0.343 e. The Kier molecular flexibility index (Phi) is 5.57. The fourth-order valence-corrected chi connectivity index (χ4v) is 5.54. The zero-order chi connectivity index (χ0) is 25.6. The summed E-state index contributed by atoms with van der Waals surface area (Å²) in [7, 11) is -4.25. The van der Waals surface area contributed by atoms with Crippen LogP contribution in [0, 0.1) is 35.7 Å². The van der Waals surface area contributed by atoms with Crippen molar-refractivity contribution < 1.29 is 21.6 Å². The van der Waals surface area contributed by atoms with Gasteiger partial charge in [0, 0.05) is 34.5 Å². The monoisotopic (exact) mass is 508 g/mol. The molecule has 5 aromatic rings. The lowest BCUT2D eigenvalue weighted by Crippen LogP contribution is -2.10. The van der Waals surface area contributed by atoms with Crippen LogP contribution >= 0.6 is 0 Å². The number of aromatic amines is 2. The zero-order valence-corrected chi connectivity index (χ0v) is 19.3. The van der Waals surface area contributed by atoms with E-state index in [0.717, 1.165) is 24.4 Å². The molecule has 3 heterocycles. The van der Waals surface area contributed by atoms with E-state index in [1.807, 2.05) is 6.07 Å². The van der Waals surface area contributed by atoms with Crippen molar-refractivity contribution in [2.45, 2.75) is 17.6 Å². The molecular formula is C24H15F3N6O2S. The summed E-state index contributed by atoms with van der Waals surface area (Å²) in [5, 5.41) is 16.5. The number of hydrogen-bond donors (Lipinski definition) is 2. The molecule has 0 fully saturated rings. The molecule has 12 heteroatoms. The van der Waals surface area contributed by atoms with E-state index < -0.39 is 37.9 Å². The molecule has 2 aromatic carbocycles. The number of rotatable bonds is 5.